The molecule has 10 aromatic carbocycles. The lowest BCUT2D eigenvalue weighted by Gasteiger charge is -2.13. The first-order valence-corrected chi connectivity index (χ1v) is 21.6. The van der Waals surface area contributed by atoms with Gasteiger partial charge < -0.3 is 4.57 Å². The van der Waals surface area contributed by atoms with E-state index in [-0.39, 0.29) is 0 Å². The van der Waals surface area contributed by atoms with Crippen LogP contribution in [0.2, 0.25) is 0 Å². The van der Waals surface area contributed by atoms with Crippen LogP contribution in [-0.4, -0.2) is 19.1 Å². The molecule has 0 aliphatic rings. The van der Waals surface area contributed by atoms with Crippen molar-refractivity contribution in [3.05, 3.63) is 194 Å². The van der Waals surface area contributed by atoms with Crippen LogP contribution >= 0.6 is 11.3 Å². The van der Waals surface area contributed by atoms with Gasteiger partial charge in [0, 0.05) is 59.0 Å². The Balaban J connectivity index is 1.18. The van der Waals surface area contributed by atoms with Crippen molar-refractivity contribution in [2.45, 2.75) is 0 Å². The fraction of sp³-hybridized carbons (Fsp3) is 0. The summed E-state index contributed by atoms with van der Waals surface area (Å²) in [5.41, 5.74) is 7.67. The van der Waals surface area contributed by atoms with Crippen LogP contribution in [0.5, 0.6) is 0 Å². The van der Waals surface area contributed by atoms with Gasteiger partial charge in [-0.05, 0) is 68.7 Å². The Bertz CT molecular complexity index is 4140. The molecule has 0 spiro atoms. The van der Waals surface area contributed by atoms with Crippen molar-refractivity contribution in [3.8, 4) is 22.9 Å². The molecular formula is C56H32N4S. The van der Waals surface area contributed by atoms with E-state index in [0.717, 1.165) is 49.2 Å². The number of thiophene rings is 1. The summed E-state index contributed by atoms with van der Waals surface area (Å²) in [5.74, 6) is 0.665. The number of benzene rings is 10. The van der Waals surface area contributed by atoms with E-state index in [1.807, 2.05) is 0 Å². The maximum atomic E-state index is 5.82. The zero-order valence-electron chi connectivity index (χ0n) is 32.7. The number of hydrogen-bond donors (Lipinski definition) is 0. The second kappa shape index (κ2) is 12.3. The quantitative estimate of drug-likeness (QED) is 0.167. The van der Waals surface area contributed by atoms with Crippen LogP contribution in [-0.2, 0) is 0 Å². The third-order valence-corrected chi connectivity index (χ3v) is 14.0. The van der Waals surface area contributed by atoms with Crippen LogP contribution < -0.4 is 0 Å². The molecule has 0 amide bonds. The summed E-state index contributed by atoms with van der Waals surface area (Å²) in [4.78, 5) is 12.4. The summed E-state index contributed by atoms with van der Waals surface area (Å²) < 4.78 is 5.94. The van der Waals surface area contributed by atoms with Gasteiger partial charge in [-0.3, -0.25) is 4.57 Å². The highest BCUT2D eigenvalue weighted by molar-refractivity contribution is 7.25. The second-order valence-electron chi connectivity index (χ2n) is 16.0. The smallest absolute Gasteiger partial charge is 0.236 e. The van der Waals surface area contributed by atoms with E-state index < -0.39 is 0 Å². The van der Waals surface area contributed by atoms with E-state index >= 15 is 0 Å². The fourth-order valence-electron chi connectivity index (χ4n) is 10.4. The number of hydrogen-bond acceptors (Lipinski definition) is 3. The van der Waals surface area contributed by atoms with Crippen molar-refractivity contribution in [3.63, 3.8) is 0 Å². The standard InChI is InChI=1S/C56H32N4S/c1-2-16-34(17-3-1)59-45-26-12-10-23-41(45)49-43(25-14-27-46(49)59)53-52-42-24-11-13-28-48(42)61-55(52)58-56(57-53)60-47-32-31-40-38-21-7-6-19-36(38)37-20-8-9-22-39(37)50(40)51(47)44-30-29-33-15-4-5-18-35(33)54(44)60/h1-32H. The lowest BCUT2D eigenvalue weighted by atomic mass is 9.91. The van der Waals surface area contributed by atoms with Crippen LogP contribution in [0.3, 0.4) is 0 Å². The molecule has 14 rings (SSSR count). The van der Waals surface area contributed by atoms with Crippen LogP contribution in [0.15, 0.2) is 194 Å². The molecule has 61 heavy (non-hydrogen) atoms. The lowest BCUT2D eigenvalue weighted by Crippen LogP contribution is -2.03. The van der Waals surface area contributed by atoms with Gasteiger partial charge in [0.15, 0.2) is 0 Å². The third kappa shape index (κ3) is 4.48. The molecule has 282 valence electrons. The molecule has 0 saturated heterocycles. The highest BCUT2D eigenvalue weighted by Gasteiger charge is 2.25. The molecule has 4 nitrogen and oxygen atoms in total. The molecule has 5 heteroatoms. The van der Waals surface area contributed by atoms with Crippen molar-refractivity contribution in [1.82, 2.24) is 19.1 Å². The third-order valence-electron chi connectivity index (χ3n) is 12.9. The van der Waals surface area contributed by atoms with Crippen LogP contribution in [0.1, 0.15) is 0 Å². The summed E-state index contributed by atoms with van der Waals surface area (Å²) >= 11 is 1.74. The number of aromatic nitrogens is 4. The molecule has 0 aliphatic heterocycles. The number of fused-ring (bicyclic) bond motifs is 18. The minimum atomic E-state index is 0.665. The number of rotatable bonds is 3. The highest BCUT2D eigenvalue weighted by Crippen LogP contribution is 2.47. The molecule has 0 saturated carbocycles. The fourth-order valence-corrected chi connectivity index (χ4v) is 11.5. The highest BCUT2D eigenvalue weighted by atomic mass is 32.1. The maximum absolute atomic E-state index is 5.82. The van der Waals surface area contributed by atoms with Gasteiger partial charge in [0.05, 0.1) is 27.8 Å². The number of para-hydroxylation sites is 2. The summed E-state index contributed by atoms with van der Waals surface area (Å²) in [6, 6.07) is 70.5. The average Bonchev–Trinajstić information content (AvgIpc) is 3.99. The minimum Gasteiger partial charge on any atom is -0.309 e. The summed E-state index contributed by atoms with van der Waals surface area (Å²) in [6.07, 6.45) is 0. The van der Waals surface area contributed by atoms with Crippen LogP contribution in [0, 0.1) is 0 Å². The van der Waals surface area contributed by atoms with Crippen molar-refractivity contribution in [2.75, 3.05) is 0 Å². The summed E-state index contributed by atoms with van der Waals surface area (Å²) in [5, 5.41) is 16.9. The molecule has 0 fully saturated rings. The normalized spacial score (nSPS) is 12.3. The first-order valence-electron chi connectivity index (χ1n) is 20.8. The topological polar surface area (TPSA) is 35.6 Å². The van der Waals surface area contributed by atoms with Gasteiger partial charge in [-0.25, -0.2) is 9.97 Å². The zero-order valence-corrected chi connectivity index (χ0v) is 33.5. The summed E-state index contributed by atoms with van der Waals surface area (Å²) in [6.45, 7) is 0. The molecule has 0 bridgehead atoms. The molecular weight excluding hydrogens is 761 g/mol. The van der Waals surface area contributed by atoms with Crippen molar-refractivity contribution in [1.29, 1.82) is 0 Å². The van der Waals surface area contributed by atoms with Gasteiger partial charge in [0.25, 0.3) is 0 Å². The molecule has 0 unspecified atom stereocenters. The van der Waals surface area contributed by atoms with Crippen molar-refractivity contribution >= 4 is 118 Å². The van der Waals surface area contributed by atoms with E-state index in [0.29, 0.717) is 5.95 Å². The molecule has 0 radical (unpaired) electrons. The first kappa shape index (κ1) is 33.0. The SMILES string of the molecule is c1ccc(-n2c3ccccc3c3c(-c4nc(-n5c6ccc7c8ccccc8c8ccccc8c7c6c6ccc7ccccc7c65)nc5sc6ccccc6c45)cccc32)cc1. The first-order chi connectivity index (χ1) is 30.3. The summed E-state index contributed by atoms with van der Waals surface area (Å²) in [7, 11) is 0. The van der Waals surface area contributed by atoms with E-state index in [2.05, 4.69) is 203 Å². The average molecular weight is 793 g/mol. The van der Waals surface area contributed by atoms with Crippen molar-refractivity contribution in [2.24, 2.45) is 0 Å². The van der Waals surface area contributed by atoms with Crippen LogP contribution in [0.25, 0.3) is 130 Å². The van der Waals surface area contributed by atoms with E-state index in [1.54, 1.807) is 11.3 Å². The minimum absolute atomic E-state index is 0.665. The Morgan fingerprint density at radius 1 is 0.344 bits per heavy atom. The van der Waals surface area contributed by atoms with E-state index in [1.165, 1.54) is 74.7 Å². The van der Waals surface area contributed by atoms with Gasteiger partial charge in [-0.1, -0.05) is 158 Å². The van der Waals surface area contributed by atoms with Gasteiger partial charge in [-0.15, -0.1) is 11.3 Å². The maximum Gasteiger partial charge on any atom is 0.236 e. The molecule has 0 aliphatic carbocycles. The second-order valence-corrected chi connectivity index (χ2v) is 17.1. The molecule has 14 aromatic rings. The van der Waals surface area contributed by atoms with Crippen molar-refractivity contribution < 1.29 is 0 Å². The Kier molecular flexibility index (Phi) is 6.68. The molecule has 0 atom stereocenters. The number of nitrogens with zero attached hydrogens (tertiary/aromatic N) is 4. The Morgan fingerprint density at radius 3 is 1.77 bits per heavy atom. The van der Waals surface area contributed by atoms with Gasteiger partial charge in [0.1, 0.15) is 4.83 Å². The van der Waals surface area contributed by atoms with Gasteiger partial charge >= 0.3 is 0 Å². The predicted molar refractivity (Wildman–Crippen MR) is 259 cm³/mol. The largest absolute Gasteiger partial charge is 0.309 e. The Labute approximate surface area is 352 Å². The van der Waals surface area contributed by atoms with Gasteiger partial charge in [0.2, 0.25) is 5.95 Å². The predicted octanol–water partition coefficient (Wildman–Crippen LogP) is 15.3. The van der Waals surface area contributed by atoms with E-state index in [4.69, 9.17) is 9.97 Å². The zero-order chi connectivity index (χ0) is 39.8. The Hall–Kier alpha value is -7.86. The Morgan fingerprint density at radius 2 is 0.951 bits per heavy atom. The lowest BCUT2D eigenvalue weighted by molar-refractivity contribution is 1.02. The molecule has 4 heterocycles. The van der Waals surface area contributed by atoms with Gasteiger partial charge in [-0.2, -0.15) is 0 Å². The van der Waals surface area contributed by atoms with E-state index in [9.17, 15) is 0 Å². The van der Waals surface area contributed by atoms with Crippen LogP contribution in [0.4, 0.5) is 0 Å². The monoisotopic (exact) mass is 792 g/mol. The molecule has 4 aromatic heterocycles. The molecule has 0 N–H and O–H groups in total.